The van der Waals surface area contributed by atoms with Gasteiger partial charge >= 0.3 is 12.6 Å². The molecule has 0 N–H and O–H groups in total. The molecule has 2 aromatic carbocycles. The van der Waals surface area contributed by atoms with E-state index in [1.54, 1.807) is 6.92 Å². The molecule has 0 amide bonds. The first-order chi connectivity index (χ1) is 21.3. The van der Waals surface area contributed by atoms with E-state index in [1.165, 1.54) is 36.7 Å². The highest BCUT2D eigenvalue weighted by Crippen LogP contribution is 2.39. The molecular formula is C29H26BrCl2F3N2O6S2. The van der Waals surface area contributed by atoms with Crippen molar-refractivity contribution in [3.63, 3.8) is 0 Å². The summed E-state index contributed by atoms with van der Waals surface area (Å²) in [4.78, 5) is 17.1. The number of aromatic nitrogens is 1. The van der Waals surface area contributed by atoms with Crippen molar-refractivity contribution in [2.24, 2.45) is 5.92 Å². The van der Waals surface area contributed by atoms with Crippen molar-refractivity contribution in [2.75, 3.05) is 18.9 Å². The van der Waals surface area contributed by atoms with Gasteiger partial charge in [-0.2, -0.15) is 13.1 Å². The van der Waals surface area contributed by atoms with Crippen molar-refractivity contribution in [1.29, 1.82) is 0 Å². The molecule has 2 aliphatic rings. The maximum absolute atomic E-state index is 14.9. The first-order valence-electron chi connectivity index (χ1n) is 13.6. The molecule has 2 heterocycles. The van der Waals surface area contributed by atoms with Crippen LogP contribution < -0.4 is 9.47 Å². The van der Waals surface area contributed by atoms with Crippen LogP contribution in [0, 0.1) is 18.7 Å². The summed E-state index contributed by atoms with van der Waals surface area (Å²) in [5.74, 6) is -1.52. The zero-order valence-electron chi connectivity index (χ0n) is 23.5. The smallest absolute Gasteiger partial charge is 0.387 e. The summed E-state index contributed by atoms with van der Waals surface area (Å²) in [6, 6.07) is 6.39. The lowest BCUT2D eigenvalue weighted by molar-refractivity contribution is -0.150. The lowest BCUT2D eigenvalue weighted by Gasteiger charge is -2.26. The molecule has 16 heteroatoms. The summed E-state index contributed by atoms with van der Waals surface area (Å²) >= 11 is 17.0. The summed E-state index contributed by atoms with van der Waals surface area (Å²) in [6.07, 6.45) is 3.42. The van der Waals surface area contributed by atoms with Crippen LogP contribution in [0.5, 0.6) is 11.5 Å². The standard InChI is InChI=1S/C29H26BrCl2F3N2O6S2/c1-15-8-26(22(33)11-19(15)30)45(39,40)37-6-7-44-27(37)28(38)42-24(10-18-20(31)12-36-13-21(18)32)17-4-5-23(43-29(34)35)25(9-17)41-14-16-2-3-16/h4-5,8-9,11-13,16,24,27,29H,2-3,6-7,10,14H2,1H3. The SMILES string of the molecule is Cc1cc(S(=O)(=O)N2CCSC2C(=O)OC(Cc2c(Cl)cncc2Cl)c2ccc(OC(F)F)c(OCC3CC3)c2)c(F)cc1Br. The molecule has 0 radical (unpaired) electrons. The lowest BCUT2D eigenvalue weighted by atomic mass is 10.0. The van der Waals surface area contributed by atoms with Gasteiger partial charge in [0.1, 0.15) is 16.8 Å². The van der Waals surface area contributed by atoms with Gasteiger partial charge in [0, 0.05) is 35.6 Å². The number of thioether (sulfide) groups is 1. The first kappa shape index (κ1) is 34.1. The average molecular weight is 770 g/mol. The molecule has 45 heavy (non-hydrogen) atoms. The van der Waals surface area contributed by atoms with Crippen LogP contribution in [0.2, 0.25) is 10.0 Å². The number of benzene rings is 2. The Morgan fingerprint density at radius 1 is 1.16 bits per heavy atom. The molecule has 0 spiro atoms. The number of nitrogens with zero attached hydrogens (tertiary/aromatic N) is 2. The molecule has 5 rings (SSSR count). The van der Waals surface area contributed by atoms with Crippen molar-refractivity contribution < 1.29 is 40.6 Å². The number of halogens is 6. The van der Waals surface area contributed by atoms with Crippen LogP contribution in [0.25, 0.3) is 0 Å². The van der Waals surface area contributed by atoms with Gasteiger partial charge in [0.15, 0.2) is 16.9 Å². The molecule has 1 saturated carbocycles. The fourth-order valence-corrected chi connectivity index (χ4v) is 8.62. The van der Waals surface area contributed by atoms with Crippen molar-refractivity contribution >= 4 is 66.9 Å². The Hall–Kier alpha value is -2.23. The van der Waals surface area contributed by atoms with Crippen molar-refractivity contribution in [2.45, 2.75) is 49.2 Å². The minimum absolute atomic E-state index is 0.0215. The fourth-order valence-electron chi connectivity index (χ4n) is 4.61. The second-order valence-electron chi connectivity index (χ2n) is 10.4. The predicted octanol–water partition coefficient (Wildman–Crippen LogP) is 7.58. The average Bonchev–Trinajstić information content (AvgIpc) is 3.67. The normalized spacial score (nSPS) is 17.8. The highest BCUT2D eigenvalue weighted by atomic mass is 79.9. The van der Waals surface area contributed by atoms with Crippen LogP contribution in [-0.4, -0.2) is 54.6 Å². The van der Waals surface area contributed by atoms with Crippen LogP contribution >= 0.6 is 50.9 Å². The summed E-state index contributed by atoms with van der Waals surface area (Å²) in [5, 5.41) is -0.963. The molecule has 242 valence electrons. The summed E-state index contributed by atoms with van der Waals surface area (Å²) in [7, 11) is -4.45. The molecule has 1 saturated heterocycles. The van der Waals surface area contributed by atoms with Crippen LogP contribution in [0.4, 0.5) is 13.2 Å². The number of carbonyl (C=O) groups is 1. The second-order valence-corrected chi connectivity index (χ2v) is 15.1. The molecule has 2 unspecified atom stereocenters. The number of carbonyl (C=O) groups excluding carboxylic acids is 1. The quantitative estimate of drug-likeness (QED) is 0.174. The fraction of sp³-hybridized carbons (Fsp3) is 0.379. The van der Waals surface area contributed by atoms with Gasteiger partial charge in [-0.25, -0.2) is 17.6 Å². The first-order valence-corrected chi connectivity index (χ1v) is 17.7. The van der Waals surface area contributed by atoms with E-state index in [-0.39, 0.29) is 46.9 Å². The number of pyridine rings is 1. The van der Waals surface area contributed by atoms with Crippen molar-refractivity contribution in [3.8, 4) is 11.5 Å². The molecule has 3 aromatic rings. The molecule has 1 aromatic heterocycles. The van der Waals surface area contributed by atoms with Crippen LogP contribution in [0.1, 0.15) is 35.6 Å². The van der Waals surface area contributed by atoms with Crippen molar-refractivity contribution in [3.05, 3.63) is 79.8 Å². The van der Waals surface area contributed by atoms with E-state index in [1.807, 2.05) is 0 Å². The Labute approximate surface area is 280 Å². The van der Waals surface area contributed by atoms with E-state index >= 15 is 0 Å². The van der Waals surface area contributed by atoms with Gasteiger partial charge in [-0.05, 0) is 66.6 Å². The molecular weight excluding hydrogens is 744 g/mol. The number of aryl methyl sites for hydroxylation is 1. The minimum atomic E-state index is -4.45. The third-order valence-electron chi connectivity index (χ3n) is 7.18. The van der Waals surface area contributed by atoms with Gasteiger partial charge in [-0.15, -0.1) is 11.8 Å². The Kier molecular flexibility index (Phi) is 10.8. The predicted molar refractivity (Wildman–Crippen MR) is 167 cm³/mol. The van der Waals surface area contributed by atoms with Crippen molar-refractivity contribution in [1.82, 2.24) is 9.29 Å². The van der Waals surface area contributed by atoms with Crippen LogP contribution in [0.15, 0.2) is 52.1 Å². The molecule has 1 aliphatic carbocycles. The molecule has 0 bridgehead atoms. The summed E-state index contributed by atoms with van der Waals surface area (Å²) < 4.78 is 86.0. The maximum atomic E-state index is 14.9. The number of hydrogen-bond donors (Lipinski definition) is 0. The number of esters is 1. The van der Waals surface area contributed by atoms with Crippen LogP contribution in [0.3, 0.4) is 0 Å². The molecule has 2 fully saturated rings. The third kappa shape index (κ3) is 8.02. The van der Waals surface area contributed by atoms with Gasteiger partial charge in [0.2, 0.25) is 10.0 Å². The van der Waals surface area contributed by atoms with Gasteiger partial charge in [0.25, 0.3) is 0 Å². The summed E-state index contributed by atoms with van der Waals surface area (Å²) in [5.41, 5.74) is 1.20. The van der Waals surface area contributed by atoms with E-state index in [9.17, 15) is 26.4 Å². The number of alkyl halides is 2. The van der Waals surface area contributed by atoms with Crippen LogP contribution in [-0.2, 0) is 26.0 Å². The number of ether oxygens (including phenoxy) is 3. The van der Waals surface area contributed by atoms with E-state index in [4.69, 9.17) is 32.7 Å². The molecule has 8 nitrogen and oxygen atoms in total. The highest BCUT2D eigenvalue weighted by molar-refractivity contribution is 9.10. The van der Waals surface area contributed by atoms with E-state index in [0.717, 1.165) is 35.0 Å². The topological polar surface area (TPSA) is 95.0 Å². The third-order valence-corrected chi connectivity index (χ3v) is 11.9. The Morgan fingerprint density at radius 3 is 2.53 bits per heavy atom. The largest absolute Gasteiger partial charge is 0.489 e. The van der Waals surface area contributed by atoms with Gasteiger partial charge in [-0.1, -0.05) is 45.2 Å². The summed E-state index contributed by atoms with van der Waals surface area (Å²) in [6.45, 7) is -1.26. The van der Waals surface area contributed by atoms with E-state index in [0.29, 0.717) is 27.1 Å². The number of rotatable bonds is 12. The zero-order valence-corrected chi connectivity index (χ0v) is 28.3. The molecule has 2 atom stereocenters. The number of hydrogen-bond acceptors (Lipinski definition) is 8. The highest BCUT2D eigenvalue weighted by Gasteiger charge is 2.43. The van der Waals surface area contributed by atoms with E-state index < -0.39 is 44.8 Å². The van der Waals surface area contributed by atoms with Gasteiger partial charge < -0.3 is 14.2 Å². The van der Waals surface area contributed by atoms with E-state index in [2.05, 4.69) is 25.7 Å². The number of sulfonamides is 1. The lowest BCUT2D eigenvalue weighted by Crippen LogP contribution is -2.41. The monoisotopic (exact) mass is 768 g/mol. The maximum Gasteiger partial charge on any atom is 0.387 e. The Balaban J connectivity index is 1.47. The molecule has 1 aliphatic heterocycles. The van der Waals surface area contributed by atoms with Gasteiger partial charge in [0.05, 0.1) is 16.7 Å². The minimum Gasteiger partial charge on any atom is -0.489 e. The Morgan fingerprint density at radius 2 is 1.87 bits per heavy atom. The van der Waals surface area contributed by atoms with Gasteiger partial charge in [-0.3, -0.25) is 4.98 Å². The second kappa shape index (κ2) is 14.3. The zero-order chi connectivity index (χ0) is 32.5. The Bertz CT molecular complexity index is 1680.